The predicted octanol–water partition coefficient (Wildman–Crippen LogP) is 2.38. The molecule has 2 rings (SSSR count). The van der Waals surface area contributed by atoms with Crippen LogP contribution in [0.5, 0.6) is 0 Å². The highest BCUT2D eigenvalue weighted by molar-refractivity contribution is 7.89. The molecule has 0 saturated heterocycles. The van der Waals surface area contributed by atoms with E-state index < -0.39 is 21.4 Å². The first-order valence-corrected chi connectivity index (χ1v) is 8.79. The lowest BCUT2D eigenvalue weighted by Crippen LogP contribution is -2.54. The van der Waals surface area contributed by atoms with Gasteiger partial charge in [-0.15, -0.1) is 0 Å². The van der Waals surface area contributed by atoms with Gasteiger partial charge in [0.05, 0.1) is 4.90 Å². The van der Waals surface area contributed by atoms with Crippen LogP contribution in [0.2, 0.25) is 0 Å². The Morgan fingerprint density at radius 3 is 2.19 bits per heavy atom. The summed E-state index contributed by atoms with van der Waals surface area (Å²) in [5.74, 6) is -0.421. The van der Waals surface area contributed by atoms with Gasteiger partial charge in [-0.05, 0) is 49.9 Å². The monoisotopic (exact) mass is 314 g/mol. The van der Waals surface area contributed by atoms with Crippen molar-refractivity contribution in [2.24, 2.45) is 5.73 Å². The van der Waals surface area contributed by atoms with Crippen molar-refractivity contribution in [3.8, 4) is 0 Å². The number of hydrogen-bond acceptors (Lipinski definition) is 3. The van der Waals surface area contributed by atoms with Crippen molar-refractivity contribution < 1.29 is 12.8 Å². The van der Waals surface area contributed by atoms with Gasteiger partial charge in [0, 0.05) is 12.1 Å². The van der Waals surface area contributed by atoms with Gasteiger partial charge < -0.3 is 5.73 Å². The first-order valence-electron chi connectivity index (χ1n) is 7.30. The van der Waals surface area contributed by atoms with E-state index in [2.05, 4.69) is 4.72 Å². The van der Waals surface area contributed by atoms with Crippen molar-refractivity contribution in [2.45, 2.75) is 56.4 Å². The molecule has 0 atom stereocenters. The molecule has 0 spiro atoms. The maximum atomic E-state index is 13.4. The first-order chi connectivity index (χ1) is 9.80. The summed E-state index contributed by atoms with van der Waals surface area (Å²) in [6.45, 7) is 3.51. The van der Waals surface area contributed by atoms with Crippen molar-refractivity contribution in [3.63, 3.8) is 0 Å². The molecule has 0 heterocycles. The third kappa shape index (κ3) is 3.44. The summed E-state index contributed by atoms with van der Waals surface area (Å²) < 4.78 is 41.6. The minimum atomic E-state index is -3.71. The van der Waals surface area contributed by atoms with Crippen LogP contribution in [0.1, 0.15) is 43.2 Å². The van der Waals surface area contributed by atoms with Gasteiger partial charge in [-0.2, -0.15) is 0 Å². The number of aryl methyl sites for hydroxylation is 2. The van der Waals surface area contributed by atoms with Crippen molar-refractivity contribution >= 4 is 10.0 Å². The molecule has 1 aromatic rings. The third-order valence-corrected chi connectivity index (χ3v) is 6.13. The smallest absolute Gasteiger partial charge is 0.241 e. The van der Waals surface area contributed by atoms with Gasteiger partial charge in [0.15, 0.2) is 0 Å². The van der Waals surface area contributed by atoms with Crippen molar-refractivity contribution in [2.75, 3.05) is 6.54 Å². The van der Waals surface area contributed by atoms with Gasteiger partial charge in [0.1, 0.15) is 5.82 Å². The van der Waals surface area contributed by atoms with E-state index in [1.807, 2.05) is 0 Å². The highest BCUT2D eigenvalue weighted by Crippen LogP contribution is 2.30. The highest BCUT2D eigenvalue weighted by atomic mass is 32.2. The maximum absolute atomic E-state index is 13.4. The fourth-order valence-electron chi connectivity index (χ4n) is 3.23. The van der Waals surface area contributed by atoms with Crippen LogP contribution in [0.25, 0.3) is 0 Å². The number of halogens is 1. The Labute approximate surface area is 126 Å². The largest absolute Gasteiger partial charge is 0.329 e. The molecule has 0 bridgehead atoms. The van der Waals surface area contributed by atoms with Crippen LogP contribution in [-0.2, 0) is 10.0 Å². The first kappa shape index (κ1) is 16.4. The molecule has 21 heavy (non-hydrogen) atoms. The zero-order valence-electron chi connectivity index (χ0n) is 12.6. The van der Waals surface area contributed by atoms with Crippen LogP contribution in [0.15, 0.2) is 17.0 Å². The normalized spacial score (nSPS) is 18.7. The number of benzene rings is 1. The lowest BCUT2D eigenvalue weighted by molar-refractivity contribution is 0.276. The van der Waals surface area contributed by atoms with E-state index in [4.69, 9.17) is 5.73 Å². The zero-order valence-corrected chi connectivity index (χ0v) is 13.4. The number of hydrogen-bond donors (Lipinski definition) is 2. The molecular weight excluding hydrogens is 291 g/mol. The summed E-state index contributed by atoms with van der Waals surface area (Å²) >= 11 is 0. The van der Waals surface area contributed by atoms with Gasteiger partial charge in [-0.1, -0.05) is 19.3 Å². The molecule has 1 saturated carbocycles. The zero-order chi connectivity index (χ0) is 15.7. The molecule has 4 nitrogen and oxygen atoms in total. The average Bonchev–Trinajstić information content (AvgIpc) is 2.37. The van der Waals surface area contributed by atoms with Crippen LogP contribution in [0.4, 0.5) is 4.39 Å². The fourth-order valence-corrected chi connectivity index (χ4v) is 5.16. The Kier molecular flexibility index (Phi) is 4.70. The summed E-state index contributed by atoms with van der Waals surface area (Å²) in [7, 11) is -3.71. The Bertz CT molecular complexity index is 600. The lowest BCUT2D eigenvalue weighted by atomic mass is 9.83. The van der Waals surface area contributed by atoms with Gasteiger partial charge in [-0.25, -0.2) is 17.5 Å². The van der Waals surface area contributed by atoms with E-state index in [1.54, 1.807) is 13.8 Å². The highest BCUT2D eigenvalue weighted by Gasteiger charge is 2.36. The van der Waals surface area contributed by atoms with Gasteiger partial charge in [0.25, 0.3) is 0 Å². The SMILES string of the molecule is Cc1cc(F)cc(C)c1S(=O)(=O)NC1(CN)CCCCC1. The topological polar surface area (TPSA) is 72.2 Å². The quantitative estimate of drug-likeness (QED) is 0.896. The van der Waals surface area contributed by atoms with Crippen LogP contribution >= 0.6 is 0 Å². The lowest BCUT2D eigenvalue weighted by Gasteiger charge is -2.37. The van der Waals surface area contributed by atoms with Crippen molar-refractivity contribution in [1.82, 2.24) is 4.72 Å². The van der Waals surface area contributed by atoms with Gasteiger partial charge >= 0.3 is 0 Å². The molecule has 1 aromatic carbocycles. The third-order valence-electron chi connectivity index (χ3n) is 4.25. The Morgan fingerprint density at radius 1 is 1.19 bits per heavy atom. The van der Waals surface area contributed by atoms with Crippen LogP contribution in [0, 0.1) is 19.7 Å². The predicted molar refractivity (Wildman–Crippen MR) is 81.1 cm³/mol. The second kappa shape index (κ2) is 6.02. The molecule has 0 unspecified atom stereocenters. The molecule has 0 aliphatic heterocycles. The van der Waals surface area contributed by atoms with Crippen LogP contribution < -0.4 is 10.5 Å². The Balaban J connectivity index is 2.38. The minimum Gasteiger partial charge on any atom is -0.329 e. The van der Waals surface area contributed by atoms with E-state index in [1.165, 1.54) is 12.1 Å². The number of nitrogens with two attached hydrogens (primary N) is 1. The molecule has 1 aliphatic rings. The summed E-state index contributed by atoms with van der Waals surface area (Å²) in [4.78, 5) is 0.169. The number of sulfonamides is 1. The standard InChI is InChI=1S/C15H23FN2O2S/c1-11-8-13(16)9-12(2)14(11)21(19,20)18-15(10-17)6-4-3-5-7-15/h8-9,18H,3-7,10,17H2,1-2H3. The van der Waals surface area contributed by atoms with E-state index in [-0.39, 0.29) is 11.4 Å². The maximum Gasteiger partial charge on any atom is 0.241 e. The Hall–Kier alpha value is -0.980. The molecule has 1 aliphatic carbocycles. The van der Waals surface area contributed by atoms with Crippen molar-refractivity contribution in [1.29, 1.82) is 0 Å². The van der Waals surface area contributed by atoms with E-state index in [9.17, 15) is 12.8 Å². The Morgan fingerprint density at radius 2 is 1.71 bits per heavy atom. The van der Waals surface area contributed by atoms with Crippen molar-refractivity contribution in [3.05, 3.63) is 29.1 Å². The average molecular weight is 314 g/mol. The summed E-state index contributed by atoms with van der Waals surface area (Å²) in [6, 6.07) is 2.50. The summed E-state index contributed by atoms with van der Waals surface area (Å²) in [5.41, 5.74) is 6.11. The molecule has 0 radical (unpaired) electrons. The number of rotatable bonds is 4. The number of nitrogens with one attached hydrogen (secondary N) is 1. The van der Waals surface area contributed by atoms with Gasteiger partial charge in [-0.3, -0.25) is 0 Å². The molecule has 3 N–H and O–H groups in total. The van der Waals surface area contributed by atoms with Gasteiger partial charge in [0.2, 0.25) is 10.0 Å². The van der Waals surface area contributed by atoms with Crippen LogP contribution in [0.3, 0.4) is 0 Å². The van der Waals surface area contributed by atoms with Crippen LogP contribution in [-0.4, -0.2) is 20.5 Å². The van der Waals surface area contributed by atoms with E-state index in [0.717, 1.165) is 32.1 Å². The summed E-state index contributed by atoms with van der Waals surface area (Å²) in [6.07, 6.45) is 4.56. The summed E-state index contributed by atoms with van der Waals surface area (Å²) in [5, 5.41) is 0. The van der Waals surface area contributed by atoms with E-state index >= 15 is 0 Å². The molecular formula is C15H23FN2O2S. The minimum absolute atomic E-state index is 0.169. The molecule has 0 amide bonds. The second-order valence-electron chi connectivity index (χ2n) is 6.02. The second-order valence-corrected chi connectivity index (χ2v) is 7.64. The van der Waals surface area contributed by atoms with E-state index in [0.29, 0.717) is 11.1 Å². The molecule has 1 fully saturated rings. The molecule has 0 aromatic heterocycles. The fraction of sp³-hybridized carbons (Fsp3) is 0.600. The molecule has 6 heteroatoms. The molecule has 118 valence electrons.